The maximum absolute atomic E-state index is 12.0. The first kappa shape index (κ1) is 18.3. The predicted molar refractivity (Wildman–Crippen MR) is 102 cm³/mol. The third-order valence-electron chi connectivity index (χ3n) is 3.55. The van der Waals surface area contributed by atoms with Crippen LogP contribution < -0.4 is 10.1 Å². The van der Waals surface area contributed by atoms with E-state index in [9.17, 15) is 4.79 Å². The minimum atomic E-state index is -0.0782. The Morgan fingerprint density at radius 3 is 2.85 bits per heavy atom. The lowest BCUT2D eigenvalue weighted by molar-refractivity contribution is -0.118. The fraction of sp³-hybridized carbons (Fsp3) is 0.167. The van der Waals surface area contributed by atoms with Gasteiger partial charge in [0.25, 0.3) is 0 Å². The summed E-state index contributed by atoms with van der Waals surface area (Å²) < 4.78 is 5.32. The SMILES string of the molecule is COc1ccc(Cl)cc1-c1nc(SCC(=O)NCc2ccccc2)n[nH]1. The van der Waals surface area contributed by atoms with Gasteiger partial charge in [-0.2, -0.15) is 0 Å². The Balaban J connectivity index is 1.57. The Kier molecular flexibility index (Phi) is 6.14. The third kappa shape index (κ3) is 4.77. The van der Waals surface area contributed by atoms with Crippen LogP contribution in [0, 0.1) is 0 Å². The van der Waals surface area contributed by atoms with E-state index in [0.29, 0.717) is 33.9 Å². The normalized spacial score (nSPS) is 10.5. The van der Waals surface area contributed by atoms with Crippen molar-refractivity contribution >= 4 is 29.3 Å². The van der Waals surface area contributed by atoms with E-state index in [4.69, 9.17) is 16.3 Å². The molecule has 2 N–H and O–H groups in total. The van der Waals surface area contributed by atoms with Gasteiger partial charge < -0.3 is 10.1 Å². The van der Waals surface area contributed by atoms with Crippen LogP contribution in [0.4, 0.5) is 0 Å². The van der Waals surface area contributed by atoms with Crippen LogP contribution in [0.25, 0.3) is 11.4 Å². The molecule has 1 heterocycles. The number of hydrogen-bond donors (Lipinski definition) is 2. The summed E-state index contributed by atoms with van der Waals surface area (Å²) in [6.07, 6.45) is 0. The molecule has 0 atom stereocenters. The van der Waals surface area contributed by atoms with Gasteiger partial charge in [-0.3, -0.25) is 9.89 Å². The summed E-state index contributed by atoms with van der Waals surface area (Å²) in [5.74, 6) is 1.33. The topological polar surface area (TPSA) is 79.9 Å². The van der Waals surface area contributed by atoms with Crippen LogP contribution >= 0.6 is 23.4 Å². The van der Waals surface area contributed by atoms with E-state index >= 15 is 0 Å². The van der Waals surface area contributed by atoms with Crippen molar-refractivity contribution < 1.29 is 9.53 Å². The van der Waals surface area contributed by atoms with Gasteiger partial charge in [-0.25, -0.2) is 4.98 Å². The van der Waals surface area contributed by atoms with Crippen LogP contribution in [0.2, 0.25) is 5.02 Å². The molecule has 0 aliphatic carbocycles. The minimum absolute atomic E-state index is 0.0782. The first-order valence-corrected chi connectivity index (χ1v) is 9.22. The molecule has 0 radical (unpaired) electrons. The number of aromatic nitrogens is 3. The third-order valence-corrected chi connectivity index (χ3v) is 4.63. The number of halogens is 1. The highest BCUT2D eigenvalue weighted by atomic mass is 35.5. The van der Waals surface area contributed by atoms with Crippen molar-refractivity contribution in [1.29, 1.82) is 0 Å². The van der Waals surface area contributed by atoms with Crippen LogP contribution in [0.15, 0.2) is 53.7 Å². The van der Waals surface area contributed by atoms with Crippen molar-refractivity contribution in [3.8, 4) is 17.1 Å². The molecule has 26 heavy (non-hydrogen) atoms. The molecule has 3 aromatic rings. The molecule has 2 aromatic carbocycles. The lowest BCUT2D eigenvalue weighted by Crippen LogP contribution is -2.24. The minimum Gasteiger partial charge on any atom is -0.496 e. The predicted octanol–water partition coefficient (Wildman–Crippen LogP) is 3.54. The molecule has 1 amide bonds. The van der Waals surface area contributed by atoms with E-state index in [0.717, 1.165) is 5.56 Å². The summed E-state index contributed by atoms with van der Waals surface area (Å²) in [7, 11) is 1.58. The number of thioether (sulfide) groups is 1. The highest BCUT2D eigenvalue weighted by Gasteiger charge is 2.13. The Morgan fingerprint density at radius 1 is 1.27 bits per heavy atom. The molecule has 134 valence electrons. The van der Waals surface area contributed by atoms with Gasteiger partial charge in [0, 0.05) is 11.6 Å². The summed E-state index contributed by atoms with van der Waals surface area (Å²) >= 11 is 7.30. The molecule has 6 nitrogen and oxygen atoms in total. The highest BCUT2D eigenvalue weighted by molar-refractivity contribution is 7.99. The number of ether oxygens (including phenoxy) is 1. The summed E-state index contributed by atoms with van der Waals surface area (Å²) in [5.41, 5.74) is 1.77. The number of hydrogen-bond acceptors (Lipinski definition) is 5. The summed E-state index contributed by atoms with van der Waals surface area (Å²) in [6.45, 7) is 0.499. The lowest BCUT2D eigenvalue weighted by atomic mass is 10.2. The van der Waals surface area contributed by atoms with Gasteiger partial charge in [0.1, 0.15) is 5.75 Å². The largest absolute Gasteiger partial charge is 0.496 e. The standard InChI is InChI=1S/C18H17ClN4O2S/c1-25-15-8-7-13(19)9-14(15)17-21-18(23-22-17)26-11-16(24)20-10-12-5-3-2-4-6-12/h2-9H,10-11H2,1H3,(H,20,24)(H,21,22,23). The van der Waals surface area contributed by atoms with E-state index in [-0.39, 0.29) is 11.7 Å². The molecule has 3 rings (SSSR count). The number of carbonyl (C=O) groups is 1. The number of methoxy groups -OCH3 is 1. The van der Waals surface area contributed by atoms with E-state index in [2.05, 4.69) is 20.5 Å². The van der Waals surface area contributed by atoms with Crippen LogP contribution in [0.1, 0.15) is 5.56 Å². The van der Waals surface area contributed by atoms with Gasteiger partial charge in [0.15, 0.2) is 5.82 Å². The Bertz CT molecular complexity index is 886. The molecule has 1 aromatic heterocycles. The fourth-order valence-electron chi connectivity index (χ4n) is 2.27. The fourth-order valence-corrected chi connectivity index (χ4v) is 3.07. The molecule has 8 heteroatoms. The number of benzene rings is 2. The zero-order chi connectivity index (χ0) is 18.4. The van der Waals surface area contributed by atoms with Crippen molar-refractivity contribution in [3.05, 3.63) is 59.1 Å². The molecule has 0 unspecified atom stereocenters. The Morgan fingerprint density at radius 2 is 2.08 bits per heavy atom. The maximum Gasteiger partial charge on any atom is 0.230 e. The van der Waals surface area contributed by atoms with Crippen LogP contribution in [0.3, 0.4) is 0 Å². The van der Waals surface area contributed by atoms with Crippen LogP contribution in [0.5, 0.6) is 5.75 Å². The summed E-state index contributed by atoms with van der Waals surface area (Å²) in [6, 6.07) is 15.0. The van der Waals surface area contributed by atoms with Crippen molar-refractivity contribution in [1.82, 2.24) is 20.5 Å². The zero-order valence-corrected chi connectivity index (χ0v) is 15.6. The van der Waals surface area contributed by atoms with E-state index in [1.165, 1.54) is 11.8 Å². The van der Waals surface area contributed by atoms with Gasteiger partial charge in [-0.1, -0.05) is 53.7 Å². The number of nitrogens with zero attached hydrogens (tertiary/aromatic N) is 2. The van der Waals surface area contributed by atoms with Gasteiger partial charge >= 0.3 is 0 Å². The average molecular weight is 389 g/mol. The molecule has 0 saturated heterocycles. The lowest BCUT2D eigenvalue weighted by Gasteiger charge is -2.05. The van der Waals surface area contributed by atoms with E-state index < -0.39 is 0 Å². The molecule has 0 aliphatic heterocycles. The van der Waals surface area contributed by atoms with Gasteiger partial charge in [-0.15, -0.1) is 5.10 Å². The number of aromatic amines is 1. The van der Waals surface area contributed by atoms with Crippen molar-refractivity contribution in [3.63, 3.8) is 0 Å². The second-order valence-corrected chi connectivity index (χ2v) is 6.74. The van der Waals surface area contributed by atoms with Gasteiger partial charge in [0.05, 0.1) is 18.4 Å². The smallest absolute Gasteiger partial charge is 0.230 e. The average Bonchev–Trinajstić information content (AvgIpc) is 3.14. The van der Waals surface area contributed by atoms with Crippen LogP contribution in [-0.4, -0.2) is 34.0 Å². The number of amides is 1. The quantitative estimate of drug-likeness (QED) is 0.605. The molecular formula is C18H17ClN4O2S. The second kappa shape index (κ2) is 8.73. The highest BCUT2D eigenvalue weighted by Crippen LogP contribution is 2.31. The molecular weight excluding hydrogens is 372 g/mol. The number of rotatable bonds is 7. The number of carbonyl (C=O) groups excluding carboxylic acids is 1. The summed E-state index contributed by atoms with van der Waals surface area (Å²) in [5, 5.41) is 10.9. The van der Waals surface area contributed by atoms with Crippen molar-refractivity contribution in [2.45, 2.75) is 11.7 Å². The number of H-pyrrole nitrogens is 1. The van der Waals surface area contributed by atoms with Crippen molar-refractivity contribution in [2.24, 2.45) is 0 Å². The van der Waals surface area contributed by atoms with E-state index in [1.807, 2.05) is 30.3 Å². The second-order valence-electron chi connectivity index (χ2n) is 5.36. The molecule has 0 saturated carbocycles. The van der Waals surface area contributed by atoms with E-state index in [1.54, 1.807) is 25.3 Å². The first-order valence-electron chi connectivity index (χ1n) is 7.85. The molecule has 0 aliphatic rings. The van der Waals surface area contributed by atoms with Gasteiger partial charge in [-0.05, 0) is 23.8 Å². The van der Waals surface area contributed by atoms with Gasteiger partial charge in [0.2, 0.25) is 11.1 Å². The monoisotopic (exact) mass is 388 g/mol. The Hall–Kier alpha value is -2.51. The molecule has 0 spiro atoms. The molecule has 0 bridgehead atoms. The zero-order valence-electron chi connectivity index (χ0n) is 14.0. The molecule has 0 fully saturated rings. The number of nitrogens with one attached hydrogen (secondary N) is 2. The van der Waals surface area contributed by atoms with Crippen LogP contribution in [-0.2, 0) is 11.3 Å². The summed E-state index contributed by atoms with van der Waals surface area (Å²) in [4.78, 5) is 16.4. The first-order chi connectivity index (χ1) is 12.7. The maximum atomic E-state index is 12.0. The Labute approximate surface area is 160 Å². The van der Waals surface area contributed by atoms with Crippen molar-refractivity contribution in [2.75, 3.05) is 12.9 Å².